The van der Waals surface area contributed by atoms with Crippen LogP contribution in [0.4, 0.5) is 0 Å². The molecule has 2 N–H and O–H groups in total. The lowest BCUT2D eigenvalue weighted by Gasteiger charge is -2.12. The first-order chi connectivity index (χ1) is 10.1. The number of imidazole rings is 1. The van der Waals surface area contributed by atoms with E-state index in [1.54, 1.807) is 6.92 Å². The number of benzene rings is 1. The fraction of sp³-hybridized carbons (Fsp3) is 0.467. The highest BCUT2D eigenvalue weighted by molar-refractivity contribution is 5.80. The summed E-state index contributed by atoms with van der Waals surface area (Å²) in [5.74, 6) is 0.531. The number of fused-ring (bicyclic) bond motifs is 2. The van der Waals surface area contributed by atoms with E-state index < -0.39 is 11.9 Å². The van der Waals surface area contributed by atoms with Gasteiger partial charge in [-0.3, -0.25) is 4.79 Å². The third-order valence-electron chi connectivity index (χ3n) is 3.94. The largest absolute Gasteiger partial charge is 0.489 e. The number of ether oxygens (including phenoxy) is 2. The van der Waals surface area contributed by atoms with Gasteiger partial charge in [-0.1, -0.05) is 13.8 Å². The molecule has 1 aliphatic heterocycles. The van der Waals surface area contributed by atoms with Gasteiger partial charge in [-0.2, -0.15) is 0 Å². The summed E-state index contributed by atoms with van der Waals surface area (Å²) >= 11 is 0. The van der Waals surface area contributed by atoms with Crippen LogP contribution in [0.25, 0.3) is 11.0 Å². The van der Waals surface area contributed by atoms with Gasteiger partial charge in [-0.25, -0.2) is 4.98 Å². The first-order valence-corrected chi connectivity index (χ1v) is 7.08. The summed E-state index contributed by atoms with van der Waals surface area (Å²) in [4.78, 5) is 18.8. The lowest BCUT2D eigenvalue weighted by molar-refractivity contribution is -0.141. The Morgan fingerprint density at radius 3 is 2.62 bits per heavy atom. The Kier molecular flexibility index (Phi) is 3.45. The lowest BCUT2D eigenvalue weighted by atomic mass is 9.96. The van der Waals surface area contributed by atoms with Gasteiger partial charge in [0.1, 0.15) is 5.82 Å². The average molecular weight is 290 g/mol. The number of carbonyl (C=O) groups is 1. The van der Waals surface area contributed by atoms with Crippen molar-refractivity contribution < 1.29 is 19.4 Å². The highest BCUT2D eigenvalue weighted by Gasteiger charge is 2.24. The molecule has 21 heavy (non-hydrogen) atoms. The van der Waals surface area contributed by atoms with Gasteiger partial charge in [0.05, 0.1) is 30.2 Å². The number of H-pyrrole nitrogens is 1. The molecule has 2 heterocycles. The van der Waals surface area contributed by atoms with Crippen molar-refractivity contribution in [3.8, 4) is 11.5 Å². The van der Waals surface area contributed by atoms with E-state index in [1.807, 2.05) is 19.1 Å². The van der Waals surface area contributed by atoms with Crippen molar-refractivity contribution in [1.82, 2.24) is 9.97 Å². The number of hydrogen-bond acceptors (Lipinski definition) is 4. The number of aliphatic carboxylic acids is 1. The Balaban J connectivity index is 1.99. The normalized spacial score (nSPS) is 17.2. The maximum absolute atomic E-state index is 11.1. The molecule has 6 heteroatoms. The van der Waals surface area contributed by atoms with E-state index in [0.29, 0.717) is 30.5 Å². The Morgan fingerprint density at radius 2 is 1.95 bits per heavy atom. The first-order valence-electron chi connectivity index (χ1n) is 7.08. The highest BCUT2D eigenvalue weighted by Crippen LogP contribution is 2.34. The van der Waals surface area contributed by atoms with E-state index in [4.69, 9.17) is 14.6 Å². The van der Waals surface area contributed by atoms with Gasteiger partial charge >= 0.3 is 5.97 Å². The van der Waals surface area contributed by atoms with E-state index in [-0.39, 0.29) is 5.92 Å². The van der Waals surface area contributed by atoms with E-state index in [1.165, 1.54) is 0 Å². The van der Waals surface area contributed by atoms with Gasteiger partial charge in [-0.05, 0) is 0 Å². The SMILES string of the molecule is CC(C(=O)O)C(C)c1nc2cc3c(cc2[nH]1)OCCCO3. The summed E-state index contributed by atoms with van der Waals surface area (Å²) in [7, 11) is 0. The summed E-state index contributed by atoms with van der Waals surface area (Å²) in [6.07, 6.45) is 0.856. The Morgan fingerprint density at radius 1 is 1.29 bits per heavy atom. The quantitative estimate of drug-likeness (QED) is 0.907. The van der Waals surface area contributed by atoms with Crippen LogP contribution in [0.15, 0.2) is 12.1 Å². The van der Waals surface area contributed by atoms with Gasteiger partial charge in [0, 0.05) is 24.5 Å². The van der Waals surface area contributed by atoms with E-state index in [0.717, 1.165) is 17.5 Å². The smallest absolute Gasteiger partial charge is 0.306 e. The van der Waals surface area contributed by atoms with Crippen LogP contribution in [0.3, 0.4) is 0 Å². The second kappa shape index (κ2) is 5.27. The second-order valence-electron chi connectivity index (χ2n) is 5.40. The maximum atomic E-state index is 11.1. The molecule has 2 unspecified atom stereocenters. The predicted octanol–water partition coefficient (Wildman–Crippen LogP) is 2.55. The van der Waals surface area contributed by atoms with Crippen molar-refractivity contribution in [1.29, 1.82) is 0 Å². The van der Waals surface area contributed by atoms with Crippen molar-refractivity contribution >= 4 is 17.0 Å². The van der Waals surface area contributed by atoms with E-state index in [9.17, 15) is 4.79 Å². The van der Waals surface area contributed by atoms with Crippen LogP contribution in [0, 0.1) is 5.92 Å². The lowest BCUT2D eigenvalue weighted by Crippen LogP contribution is -2.17. The van der Waals surface area contributed by atoms with E-state index >= 15 is 0 Å². The summed E-state index contributed by atoms with van der Waals surface area (Å²) in [5, 5.41) is 9.11. The Labute approximate surface area is 122 Å². The van der Waals surface area contributed by atoms with Gasteiger partial charge in [0.15, 0.2) is 11.5 Å². The minimum absolute atomic E-state index is 0.198. The summed E-state index contributed by atoms with van der Waals surface area (Å²) in [6.45, 7) is 4.80. The molecule has 1 aromatic heterocycles. The van der Waals surface area contributed by atoms with Crippen molar-refractivity contribution in [2.75, 3.05) is 13.2 Å². The number of hydrogen-bond donors (Lipinski definition) is 2. The number of aromatic amines is 1. The predicted molar refractivity (Wildman–Crippen MR) is 76.9 cm³/mol. The summed E-state index contributed by atoms with van der Waals surface area (Å²) < 4.78 is 11.3. The molecule has 0 aliphatic carbocycles. The van der Waals surface area contributed by atoms with Crippen LogP contribution >= 0.6 is 0 Å². The molecule has 0 fully saturated rings. The topological polar surface area (TPSA) is 84.4 Å². The minimum atomic E-state index is -0.828. The van der Waals surface area contributed by atoms with Crippen LogP contribution < -0.4 is 9.47 Å². The molecule has 2 atom stereocenters. The van der Waals surface area contributed by atoms with Gasteiger partial charge in [0.25, 0.3) is 0 Å². The molecule has 0 saturated heterocycles. The Hall–Kier alpha value is -2.24. The maximum Gasteiger partial charge on any atom is 0.306 e. The second-order valence-corrected chi connectivity index (χ2v) is 5.40. The minimum Gasteiger partial charge on any atom is -0.489 e. The monoisotopic (exact) mass is 290 g/mol. The van der Waals surface area contributed by atoms with Gasteiger partial charge in [0.2, 0.25) is 0 Å². The molecule has 2 aromatic rings. The third kappa shape index (κ3) is 2.53. The van der Waals surface area contributed by atoms with Crippen LogP contribution in [0.2, 0.25) is 0 Å². The molecule has 3 rings (SSSR count). The zero-order valence-corrected chi connectivity index (χ0v) is 12.0. The summed E-state index contributed by atoms with van der Waals surface area (Å²) in [6, 6.07) is 3.71. The molecule has 1 aliphatic rings. The molecule has 0 bridgehead atoms. The third-order valence-corrected chi connectivity index (χ3v) is 3.94. The molecule has 0 spiro atoms. The van der Waals surface area contributed by atoms with Crippen molar-refractivity contribution in [3.63, 3.8) is 0 Å². The molecule has 0 saturated carbocycles. The summed E-state index contributed by atoms with van der Waals surface area (Å²) in [5.41, 5.74) is 1.59. The van der Waals surface area contributed by atoms with Crippen LogP contribution in [-0.4, -0.2) is 34.3 Å². The van der Waals surface area contributed by atoms with Crippen molar-refractivity contribution in [2.45, 2.75) is 26.2 Å². The number of rotatable bonds is 3. The van der Waals surface area contributed by atoms with Crippen LogP contribution in [0.1, 0.15) is 32.0 Å². The first kappa shape index (κ1) is 13.7. The highest BCUT2D eigenvalue weighted by atomic mass is 16.5. The zero-order chi connectivity index (χ0) is 15.0. The van der Waals surface area contributed by atoms with E-state index in [2.05, 4.69) is 9.97 Å². The molecule has 1 aromatic carbocycles. The number of carboxylic acids is 1. The fourth-order valence-electron chi connectivity index (χ4n) is 2.35. The number of carboxylic acid groups (broad SMARTS) is 1. The van der Waals surface area contributed by atoms with Crippen molar-refractivity contribution in [3.05, 3.63) is 18.0 Å². The number of nitrogens with one attached hydrogen (secondary N) is 1. The molecule has 112 valence electrons. The van der Waals surface area contributed by atoms with Gasteiger partial charge in [-0.15, -0.1) is 0 Å². The van der Waals surface area contributed by atoms with Crippen molar-refractivity contribution in [2.24, 2.45) is 5.92 Å². The molecular weight excluding hydrogens is 272 g/mol. The van der Waals surface area contributed by atoms with Crippen LogP contribution in [-0.2, 0) is 4.79 Å². The fourth-order valence-corrected chi connectivity index (χ4v) is 2.35. The Bertz CT molecular complexity index is 637. The molecular formula is C15H18N2O4. The van der Waals surface area contributed by atoms with Gasteiger partial charge < -0.3 is 19.6 Å². The zero-order valence-electron chi connectivity index (χ0n) is 12.0. The number of aromatic nitrogens is 2. The van der Waals surface area contributed by atoms with Crippen LogP contribution in [0.5, 0.6) is 11.5 Å². The number of nitrogens with zero attached hydrogens (tertiary/aromatic N) is 1. The molecule has 6 nitrogen and oxygen atoms in total. The average Bonchev–Trinajstić information content (AvgIpc) is 2.73. The molecule has 0 radical (unpaired) electrons. The standard InChI is InChI=1S/C15H18N2O4/c1-8(9(2)15(18)19)14-16-10-6-12-13(7-11(10)17-14)21-5-3-4-20-12/h6-9H,3-5H2,1-2H3,(H,16,17)(H,18,19). The molecule has 0 amide bonds.